The zero-order chi connectivity index (χ0) is 20.5. The van der Waals surface area contributed by atoms with Crippen LogP contribution in [0.25, 0.3) is 0 Å². The molecule has 1 N–H and O–H groups in total. The fraction of sp³-hybridized carbons (Fsp3) is 0.304. The Morgan fingerprint density at radius 2 is 1.97 bits per heavy atom. The molecular formula is C23H23N3O4. The molecule has 2 aliphatic heterocycles. The van der Waals surface area contributed by atoms with Gasteiger partial charge in [0.2, 0.25) is 6.79 Å². The van der Waals surface area contributed by atoms with Crippen molar-refractivity contribution in [3.8, 4) is 11.5 Å². The molecule has 0 bridgehead atoms. The van der Waals surface area contributed by atoms with Crippen LogP contribution in [0.1, 0.15) is 39.0 Å². The van der Waals surface area contributed by atoms with Gasteiger partial charge in [-0.1, -0.05) is 35.9 Å². The van der Waals surface area contributed by atoms with E-state index in [4.69, 9.17) is 14.2 Å². The third-order valence-corrected chi connectivity index (χ3v) is 5.46. The van der Waals surface area contributed by atoms with Crippen LogP contribution < -0.4 is 14.8 Å². The highest BCUT2D eigenvalue weighted by Gasteiger charge is 2.25. The number of amides is 1. The number of carbonyl (C=O) groups is 1. The number of hydrogen-bond acceptors (Lipinski definition) is 5. The largest absolute Gasteiger partial charge is 0.454 e. The van der Waals surface area contributed by atoms with E-state index in [9.17, 15) is 4.79 Å². The third kappa shape index (κ3) is 3.76. The summed E-state index contributed by atoms with van der Waals surface area (Å²) in [6.07, 6.45) is 0.638. The first-order valence-electron chi connectivity index (χ1n) is 10.1. The summed E-state index contributed by atoms with van der Waals surface area (Å²) in [6, 6.07) is 16.0. The number of fused-ring (bicyclic) bond motifs is 2. The smallest absolute Gasteiger partial charge is 0.271 e. The van der Waals surface area contributed by atoms with Crippen LogP contribution in [0.15, 0.2) is 48.5 Å². The Kier molecular flexibility index (Phi) is 4.88. The van der Waals surface area contributed by atoms with E-state index in [1.165, 1.54) is 11.1 Å². The number of rotatable bonds is 5. The molecule has 3 aromatic rings. The zero-order valence-corrected chi connectivity index (χ0v) is 16.8. The number of ether oxygens (including phenoxy) is 3. The molecule has 0 spiro atoms. The number of aromatic nitrogens is 2. The molecule has 0 radical (unpaired) electrons. The van der Waals surface area contributed by atoms with Gasteiger partial charge in [-0.3, -0.25) is 9.48 Å². The van der Waals surface area contributed by atoms with Crippen molar-refractivity contribution >= 4 is 5.91 Å². The second-order valence-electron chi connectivity index (χ2n) is 7.61. The molecule has 7 heteroatoms. The molecule has 5 rings (SSSR count). The van der Waals surface area contributed by atoms with Crippen LogP contribution in [-0.4, -0.2) is 29.0 Å². The summed E-state index contributed by atoms with van der Waals surface area (Å²) in [5.74, 6) is 1.32. The van der Waals surface area contributed by atoms with E-state index in [1.807, 2.05) is 22.9 Å². The van der Waals surface area contributed by atoms with Crippen molar-refractivity contribution in [1.82, 2.24) is 15.1 Å². The molecule has 0 fully saturated rings. The Morgan fingerprint density at radius 1 is 1.13 bits per heavy atom. The van der Waals surface area contributed by atoms with Gasteiger partial charge in [-0.2, -0.15) is 5.10 Å². The molecule has 7 nitrogen and oxygen atoms in total. The summed E-state index contributed by atoms with van der Waals surface area (Å²) in [5.41, 5.74) is 4.75. The number of nitrogens with zero attached hydrogens (tertiary/aromatic N) is 2. The number of nitrogens with one attached hydrogen (secondary N) is 1. The second kappa shape index (κ2) is 7.84. The van der Waals surface area contributed by atoms with Crippen LogP contribution in [-0.2, 0) is 24.3 Å². The molecule has 1 atom stereocenters. The molecule has 0 aliphatic carbocycles. The molecule has 30 heavy (non-hydrogen) atoms. The van der Waals surface area contributed by atoms with E-state index in [2.05, 4.69) is 41.6 Å². The maximum atomic E-state index is 12.5. The Labute approximate surface area is 174 Å². The Morgan fingerprint density at radius 3 is 2.83 bits per heavy atom. The van der Waals surface area contributed by atoms with Crippen LogP contribution in [0.5, 0.6) is 11.5 Å². The highest BCUT2D eigenvalue weighted by molar-refractivity contribution is 5.92. The standard InChI is InChI=1S/C23H23N3O4/c1-15-2-4-16(5-3-15)8-9-24-23(27)19-11-18-13-28-22(12-26(18)25-19)17-6-7-20-21(10-17)30-14-29-20/h2-7,10-11,22H,8-9,12-14H2,1H3,(H,24,27)/t22-/m1/s1. The average Bonchev–Trinajstić information content (AvgIpc) is 3.40. The fourth-order valence-electron chi connectivity index (χ4n) is 3.72. The van der Waals surface area contributed by atoms with Crippen molar-refractivity contribution in [2.24, 2.45) is 0 Å². The SMILES string of the molecule is Cc1ccc(CCNC(=O)c2cc3n(n2)C[C@H](c2ccc4c(c2)OCO4)OC3)cc1. The lowest BCUT2D eigenvalue weighted by Gasteiger charge is -2.24. The topological polar surface area (TPSA) is 74.6 Å². The van der Waals surface area contributed by atoms with Gasteiger partial charge in [-0.05, 0) is 42.7 Å². The van der Waals surface area contributed by atoms with Gasteiger partial charge in [0.05, 0.1) is 18.8 Å². The number of hydrogen-bond donors (Lipinski definition) is 1. The number of carbonyl (C=O) groups excluding carboxylic acids is 1. The molecule has 0 saturated heterocycles. The van der Waals surface area contributed by atoms with Crippen molar-refractivity contribution < 1.29 is 19.0 Å². The van der Waals surface area contributed by atoms with Gasteiger partial charge in [0.15, 0.2) is 17.2 Å². The predicted molar refractivity (Wildman–Crippen MR) is 110 cm³/mol. The molecule has 154 valence electrons. The minimum absolute atomic E-state index is 0.149. The molecule has 2 aliphatic rings. The van der Waals surface area contributed by atoms with Crippen molar-refractivity contribution in [3.05, 3.63) is 76.6 Å². The third-order valence-electron chi connectivity index (χ3n) is 5.46. The molecular weight excluding hydrogens is 382 g/mol. The van der Waals surface area contributed by atoms with E-state index in [0.29, 0.717) is 25.4 Å². The highest BCUT2D eigenvalue weighted by atomic mass is 16.7. The van der Waals surface area contributed by atoms with Gasteiger partial charge in [-0.25, -0.2) is 0 Å². The summed E-state index contributed by atoms with van der Waals surface area (Å²) >= 11 is 0. The van der Waals surface area contributed by atoms with Gasteiger partial charge in [0, 0.05) is 6.54 Å². The minimum Gasteiger partial charge on any atom is -0.454 e. The first kappa shape index (κ1) is 18.7. The second-order valence-corrected chi connectivity index (χ2v) is 7.61. The summed E-state index contributed by atoms with van der Waals surface area (Å²) in [4.78, 5) is 12.5. The molecule has 1 aromatic heterocycles. The first-order valence-corrected chi connectivity index (χ1v) is 10.1. The van der Waals surface area contributed by atoms with E-state index in [1.54, 1.807) is 6.07 Å². The zero-order valence-electron chi connectivity index (χ0n) is 16.8. The van der Waals surface area contributed by atoms with E-state index in [-0.39, 0.29) is 18.8 Å². The van der Waals surface area contributed by atoms with Crippen molar-refractivity contribution in [1.29, 1.82) is 0 Å². The predicted octanol–water partition coefficient (Wildman–Crippen LogP) is 3.16. The quantitative estimate of drug-likeness (QED) is 0.706. The van der Waals surface area contributed by atoms with E-state index < -0.39 is 0 Å². The van der Waals surface area contributed by atoms with Crippen LogP contribution in [0.4, 0.5) is 0 Å². The maximum Gasteiger partial charge on any atom is 0.271 e. The summed E-state index contributed by atoms with van der Waals surface area (Å²) < 4.78 is 18.7. The lowest BCUT2D eigenvalue weighted by molar-refractivity contribution is -0.00128. The Hall–Kier alpha value is -3.32. The molecule has 0 saturated carbocycles. The van der Waals surface area contributed by atoms with Gasteiger partial charge in [0.1, 0.15) is 6.10 Å². The normalized spacial score (nSPS) is 16.9. The van der Waals surface area contributed by atoms with E-state index >= 15 is 0 Å². The van der Waals surface area contributed by atoms with Crippen molar-refractivity contribution in [2.75, 3.05) is 13.3 Å². The van der Waals surface area contributed by atoms with Gasteiger partial charge in [0.25, 0.3) is 5.91 Å². The van der Waals surface area contributed by atoms with Gasteiger partial charge < -0.3 is 19.5 Å². The van der Waals surface area contributed by atoms with E-state index in [0.717, 1.165) is 29.2 Å². The minimum atomic E-state index is -0.163. The molecule has 0 unspecified atom stereocenters. The monoisotopic (exact) mass is 405 g/mol. The number of aryl methyl sites for hydroxylation is 1. The van der Waals surface area contributed by atoms with Crippen molar-refractivity contribution in [2.45, 2.75) is 32.6 Å². The molecule has 3 heterocycles. The average molecular weight is 405 g/mol. The summed E-state index contributed by atoms with van der Waals surface area (Å²) in [7, 11) is 0. The van der Waals surface area contributed by atoms with Crippen LogP contribution in [0, 0.1) is 6.92 Å². The van der Waals surface area contributed by atoms with Crippen LogP contribution >= 0.6 is 0 Å². The molecule has 2 aromatic carbocycles. The highest BCUT2D eigenvalue weighted by Crippen LogP contribution is 2.36. The van der Waals surface area contributed by atoms with Crippen LogP contribution in [0.3, 0.4) is 0 Å². The Balaban J connectivity index is 1.21. The van der Waals surface area contributed by atoms with Gasteiger partial charge in [-0.15, -0.1) is 0 Å². The summed E-state index contributed by atoms with van der Waals surface area (Å²) in [5, 5.41) is 7.46. The maximum absolute atomic E-state index is 12.5. The van der Waals surface area contributed by atoms with Gasteiger partial charge >= 0.3 is 0 Å². The first-order chi connectivity index (χ1) is 14.7. The number of benzene rings is 2. The fourth-order valence-corrected chi connectivity index (χ4v) is 3.72. The molecule has 1 amide bonds. The van der Waals surface area contributed by atoms with Crippen molar-refractivity contribution in [3.63, 3.8) is 0 Å². The lowest BCUT2D eigenvalue weighted by Crippen LogP contribution is -2.26. The lowest BCUT2D eigenvalue weighted by atomic mass is 10.1. The van der Waals surface area contributed by atoms with Crippen LogP contribution in [0.2, 0.25) is 0 Å². The summed E-state index contributed by atoms with van der Waals surface area (Å²) in [6.45, 7) is 3.83. The Bertz CT molecular complexity index is 1070.